The van der Waals surface area contributed by atoms with Gasteiger partial charge in [-0.2, -0.15) is 5.10 Å². The lowest BCUT2D eigenvalue weighted by molar-refractivity contribution is -0.118. The van der Waals surface area contributed by atoms with Crippen LogP contribution in [0.25, 0.3) is 10.8 Å². The molecule has 0 saturated carbocycles. The van der Waals surface area contributed by atoms with Gasteiger partial charge in [-0.05, 0) is 37.3 Å². The number of nitrogens with one attached hydrogen (secondary N) is 1. The van der Waals surface area contributed by atoms with E-state index < -0.39 is 0 Å². The van der Waals surface area contributed by atoms with Crippen LogP contribution < -0.4 is 10.5 Å². The molecule has 1 amide bonds. The number of amides is 1. The topological polar surface area (TPSA) is 79.0 Å². The second-order valence-corrected chi connectivity index (χ2v) is 8.82. The fourth-order valence-electron chi connectivity index (χ4n) is 4.03. The number of nitrogens with zero attached hydrogens (tertiary/aromatic N) is 3. The number of hydrogen-bond donors (Lipinski definition) is 1. The number of benzene rings is 2. The Kier molecular flexibility index (Phi) is 5.34. The fraction of sp³-hybridized carbons (Fsp3) is 0.250. The number of H-pyrrole nitrogens is 1. The molecule has 7 heteroatoms. The normalized spacial score (nSPS) is 13.2. The number of thiazole rings is 1. The summed E-state index contributed by atoms with van der Waals surface area (Å²) in [6.45, 7) is 0.452. The van der Waals surface area contributed by atoms with E-state index in [9.17, 15) is 9.59 Å². The fourth-order valence-corrected chi connectivity index (χ4v) is 5.19. The molecule has 4 aromatic rings. The van der Waals surface area contributed by atoms with Crippen LogP contribution in [0.1, 0.15) is 34.7 Å². The van der Waals surface area contributed by atoms with Gasteiger partial charge in [-0.15, -0.1) is 11.3 Å². The predicted molar refractivity (Wildman–Crippen MR) is 122 cm³/mol. The van der Waals surface area contributed by atoms with E-state index in [0.29, 0.717) is 23.0 Å². The van der Waals surface area contributed by atoms with E-state index in [0.717, 1.165) is 35.7 Å². The zero-order valence-corrected chi connectivity index (χ0v) is 17.8. The molecule has 2 aromatic carbocycles. The zero-order valence-electron chi connectivity index (χ0n) is 17.0. The van der Waals surface area contributed by atoms with E-state index in [1.54, 1.807) is 22.3 Å². The summed E-state index contributed by atoms with van der Waals surface area (Å²) in [5, 5.41) is 8.71. The molecule has 1 N–H and O–H groups in total. The zero-order chi connectivity index (χ0) is 21.2. The van der Waals surface area contributed by atoms with Crippen LogP contribution in [-0.2, 0) is 30.6 Å². The van der Waals surface area contributed by atoms with Crippen LogP contribution in [0.15, 0.2) is 59.4 Å². The van der Waals surface area contributed by atoms with Crippen molar-refractivity contribution >= 4 is 33.1 Å². The summed E-state index contributed by atoms with van der Waals surface area (Å²) in [5.74, 6) is -0.0837. The van der Waals surface area contributed by atoms with Gasteiger partial charge in [0.05, 0.1) is 29.7 Å². The number of aromatic nitrogens is 3. The van der Waals surface area contributed by atoms with Gasteiger partial charge in [-0.3, -0.25) is 14.5 Å². The molecule has 0 bridgehead atoms. The minimum absolute atomic E-state index is 0.0837. The lowest BCUT2D eigenvalue weighted by Crippen LogP contribution is -2.32. The van der Waals surface area contributed by atoms with Gasteiger partial charge in [0.2, 0.25) is 5.91 Å². The summed E-state index contributed by atoms with van der Waals surface area (Å²) in [7, 11) is 0. The van der Waals surface area contributed by atoms with Crippen molar-refractivity contribution in [1.29, 1.82) is 0 Å². The van der Waals surface area contributed by atoms with Gasteiger partial charge in [-0.25, -0.2) is 10.1 Å². The summed E-state index contributed by atoms with van der Waals surface area (Å²) >= 11 is 1.62. The van der Waals surface area contributed by atoms with Gasteiger partial charge >= 0.3 is 0 Å². The quantitative estimate of drug-likeness (QED) is 0.518. The Morgan fingerprint density at radius 3 is 2.55 bits per heavy atom. The average molecular weight is 431 g/mol. The van der Waals surface area contributed by atoms with Crippen molar-refractivity contribution in [1.82, 2.24) is 15.2 Å². The number of carbonyl (C=O) groups is 1. The standard InChI is InChI=1S/C24H22N4O2S/c29-22(14-20-17-10-4-5-11-18(17)23(30)27-26-20)28(15-16-8-2-1-3-9-16)24-25-19-12-6-7-13-21(19)31-24/h1-5,8-11H,6-7,12-15H2,(H,27,30). The van der Waals surface area contributed by atoms with Crippen LogP contribution in [0, 0.1) is 0 Å². The second kappa shape index (κ2) is 8.43. The molecule has 0 saturated heterocycles. The third-order valence-corrected chi connectivity index (χ3v) is 6.82. The van der Waals surface area contributed by atoms with Crippen molar-refractivity contribution in [3.8, 4) is 0 Å². The van der Waals surface area contributed by atoms with Crippen molar-refractivity contribution in [2.45, 2.75) is 38.6 Å². The van der Waals surface area contributed by atoms with Gasteiger partial charge in [0.1, 0.15) is 0 Å². The molecule has 5 rings (SSSR count). The number of aromatic amines is 1. The molecule has 0 radical (unpaired) electrons. The molecule has 156 valence electrons. The number of carbonyl (C=O) groups excluding carboxylic acids is 1. The molecule has 1 aliphatic rings. The van der Waals surface area contributed by atoms with E-state index in [1.165, 1.54) is 11.3 Å². The summed E-state index contributed by atoms with van der Waals surface area (Å²) < 4.78 is 0. The number of hydrogen-bond acceptors (Lipinski definition) is 5. The highest BCUT2D eigenvalue weighted by atomic mass is 32.1. The first kappa shape index (κ1) is 19.6. The van der Waals surface area contributed by atoms with Crippen molar-refractivity contribution in [2.75, 3.05) is 4.90 Å². The molecule has 2 heterocycles. The minimum Gasteiger partial charge on any atom is -0.283 e. The van der Waals surface area contributed by atoms with Crippen LogP contribution in [-0.4, -0.2) is 21.1 Å². The van der Waals surface area contributed by atoms with E-state index in [4.69, 9.17) is 4.98 Å². The first-order valence-corrected chi connectivity index (χ1v) is 11.3. The Balaban J connectivity index is 1.50. The summed E-state index contributed by atoms with van der Waals surface area (Å²) in [6, 6.07) is 17.2. The highest BCUT2D eigenvalue weighted by Crippen LogP contribution is 2.33. The van der Waals surface area contributed by atoms with Crippen molar-refractivity contribution < 1.29 is 4.79 Å². The van der Waals surface area contributed by atoms with Crippen LogP contribution in [0.4, 0.5) is 5.13 Å². The van der Waals surface area contributed by atoms with Gasteiger partial charge in [0, 0.05) is 10.3 Å². The molecule has 6 nitrogen and oxygen atoms in total. The summed E-state index contributed by atoms with van der Waals surface area (Å²) in [4.78, 5) is 33.5. The molecule has 0 atom stereocenters. The SMILES string of the molecule is O=C(Cc1n[nH]c(=O)c2ccccc12)N(Cc1ccccc1)c1nc2c(s1)CCCC2. The molecule has 2 aromatic heterocycles. The lowest BCUT2D eigenvalue weighted by Gasteiger charge is -2.20. The third kappa shape index (κ3) is 4.01. The average Bonchev–Trinajstić information content (AvgIpc) is 3.24. The largest absolute Gasteiger partial charge is 0.283 e. The molecule has 0 spiro atoms. The van der Waals surface area contributed by atoms with E-state index in [1.807, 2.05) is 48.5 Å². The smallest absolute Gasteiger partial charge is 0.272 e. The summed E-state index contributed by atoms with van der Waals surface area (Å²) in [6.07, 6.45) is 4.43. The Labute approximate surface area is 183 Å². The van der Waals surface area contributed by atoms with Crippen molar-refractivity contribution in [2.24, 2.45) is 0 Å². The Morgan fingerprint density at radius 1 is 1.00 bits per heavy atom. The lowest BCUT2D eigenvalue weighted by atomic mass is 10.0. The van der Waals surface area contributed by atoms with Crippen LogP contribution in [0.2, 0.25) is 0 Å². The van der Waals surface area contributed by atoms with Gasteiger partial charge in [0.15, 0.2) is 5.13 Å². The van der Waals surface area contributed by atoms with Crippen molar-refractivity contribution in [3.63, 3.8) is 0 Å². The third-order valence-electron chi connectivity index (χ3n) is 5.64. The van der Waals surface area contributed by atoms with Gasteiger partial charge < -0.3 is 0 Å². The summed E-state index contributed by atoms with van der Waals surface area (Å²) in [5.41, 5.74) is 2.49. The molecule has 0 aliphatic heterocycles. The monoisotopic (exact) mass is 430 g/mol. The van der Waals surface area contributed by atoms with Crippen LogP contribution >= 0.6 is 11.3 Å². The Hall–Kier alpha value is -3.32. The number of anilines is 1. The second-order valence-electron chi connectivity index (χ2n) is 7.76. The molecular weight excluding hydrogens is 408 g/mol. The maximum absolute atomic E-state index is 13.5. The molecular formula is C24H22N4O2S. The molecule has 0 unspecified atom stereocenters. The van der Waals surface area contributed by atoms with E-state index in [-0.39, 0.29) is 17.9 Å². The first-order valence-electron chi connectivity index (χ1n) is 10.5. The minimum atomic E-state index is -0.250. The van der Waals surface area contributed by atoms with Crippen LogP contribution in [0.5, 0.6) is 0 Å². The number of fused-ring (bicyclic) bond motifs is 2. The highest BCUT2D eigenvalue weighted by Gasteiger charge is 2.24. The van der Waals surface area contributed by atoms with E-state index >= 15 is 0 Å². The van der Waals surface area contributed by atoms with Gasteiger partial charge in [-0.1, -0.05) is 48.5 Å². The van der Waals surface area contributed by atoms with E-state index in [2.05, 4.69) is 10.2 Å². The number of rotatable bonds is 5. The Bertz CT molecular complexity index is 1270. The molecule has 1 aliphatic carbocycles. The molecule has 31 heavy (non-hydrogen) atoms. The first-order chi connectivity index (χ1) is 15.2. The maximum Gasteiger partial charge on any atom is 0.272 e. The van der Waals surface area contributed by atoms with Gasteiger partial charge in [0.25, 0.3) is 5.56 Å². The van der Waals surface area contributed by atoms with Crippen LogP contribution in [0.3, 0.4) is 0 Å². The van der Waals surface area contributed by atoms with Crippen molar-refractivity contribution in [3.05, 3.63) is 86.8 Å². The molecule has 0 fully saturated rings. The highest BCUT2D eigenvalue weighted by molar-refractivity contribution is 7.15. The maximum atomic E-state index is 13.5. The number of aryl methyl sites for hydroxylation is 2. The predicted octanol–water partition coefficient (Wildman–Crippen LogP) is 4.03. The Morgan fingerprint density at radius 2 is 1.74 bits per heavy atom.